The van der Waals surface area contributed by atoms with Gasteiger partial charge >= 0.3 is 5.97 Å². The van der Waals surface area contributed by atoms with Crippen molar-refractivity contribution < 1.29 is 24.3 Å². The summed E-state index contributed by atoms with van der Waals surface area (Å²) in [5.41, 5.74) is 17.4. The lowest BCUT2D eigenvalue weighted by atomic mass is 10.0. The van der Waals surface area contributed by atoms with Crippen molar-refractivity contribution in [2.45, 2.75) is 63.7 Å². The summed E-state index contributed by atoms with van der Waals surface area (Å²) in [4.78, 5) is 54.6. The zero-order valence-electron chi connectivity index (χ0n) is 22.2. The average Bonchev–Trinajstić information content (AvgIpc) is 2.86. The molecular weight excluding hydrogens is 510 g/mol. The SMILES string of the molecule is CSCCC(N)C(=O)NC(CCCN=C(N)N)C(=O)NC(C(=O)NC(Cc1ccccc1)C(=O)O)C(C)C. The molecule has 1 rings (SSSR count). The number of rotatable bonds is 17. The molecule has 1 aromatic carbocycles. The second kappa shape index (κ2) is 17.2. The van der Waals surface area contributed by atoms with E-state index < -0.39 is 47.9 Å². The lowest BCUT2D eigenvalue weighted by molar-refractivity contribution is -0.142. The van der Waals surface area contributed by atoms with Crippen molar-refractivity contribution in [3.05, 3.63) is 35.9 Å². The number of nitrogens with one attached hydrogen (secondary N) is 3. The number of carbonyl (C=O) groups excluding carboxylic acids is 3. The van der Waals surface area contributed by atoms with Gasteiger partial charge in [0.15, 0.2) is 5.96 Å². The Morgan fingerprint density at radius 2 is 1.58 bits per heavy atom. The number of hydrogen-bond acceptors (Lipinski definition) is 7. The third kappa shape index (κ3) is 12.3. The summed E-state index contributed by atoms with van der Waals surface area (Å²) in [6.07, 6.45) is 2.99. The molecule has 13 heteroatoms. The van der Waals surface area contributed by atoms with Crippen molar-refractivity contribution in [3.63, 3.8) is 0 Å². The Bertz CT molecular complexity index is 941. The number of aliphatic imine (C=N–C) groups is 1. The fourth-order valence-electron chi connectivity index (χ4n) is 3.53. The van der Waals surface area contributed by atoms with Gasteiger partial charge in [-0.3, -0.25) is 19.4 Å². The Labute approximate surface area is 227 Å². The molecule has 3 amide bonds. The summed E-state index contributed by atoms with van der Waals surface area (Å²) in [6, 6.07) is 4.88. The first kappa shape index (κ1) is 32.7. The number of amides is 3. The zero-order valence-corrected chi connectivity index (χ0v) is 23.0. The molecule has 0 aromatic heterocycles. The molecule has 4 atom stereocenters. The van der Waals surface area contributed by atoms with Gasteiger partial charge in [0.05, 0.1) is 6.04 Å². The van der Waals surface area contributed by atoms with Gasteiger partial charge in [0.1, 0.15) is 18.1 Å². The molecule has 4 unspecified atom stereocenters. The molecule has 212 valence electrons. The van der Waals surface area contributed by atoms with E-state index in [1.54, 1.807) is 49.9 Å². The van der Waals surface area contributed by atoms with Gasteiger partial charge in [-0.2, -0.15) is 11.8 Å². The number of carboxylic acids is 1. The number of nitrogens with two attached hydrogens (primary N) is 3. The molecule has 0 aliphatic rings. The Morgan fingerprint density at radius 3 is 2.13 bits per heavy atom. The summed E-state index contributed by atoms with van der Waals surface area (Å²) < 4.78 is 0. The Kier molecular flexibility index (Phi) is 14.8. The number of thioether (sulfide) groups is 1. The van der Waals surface area contributed by atoms with E-state index >= 15 is 0 Å². The number of benzene rings is 1. The smallest absolute Gasteiger partial charge is 0.326 e. The van der Waals surface area contributed by atoms with E-state index in [4.69, 9.17) is 17.2 Å². The molecule has 1 aromatic rings. The number of aliphatic carboxylic acids is 1. The van der Waals surface area contributed by atoms with Crippen LogP contribution in [0.15, 0.2) is 35.3 Å². The van der Waals surface area contributed by atoms with Crippen LogP contribution in [0.1, 0.15) is 38.7 Å². The topological polar surface area (TPSA) is 215 Å². The van der Waals surface area contributed by atoms with E-state index in [9.17, 15) is 24.3 Å². The van der Waals surface area contributed by atoms with Crippen LogP contribution in [0.25, 0.3) is 0 Å². The molecule has 0 spiro atoms. The molecule has 0 saturated heterocycles. The van der Waals surface area contributed by atoms with Crippen molar-refractivity contribution in [2.24, 2.45) is 28.1 Å². The number of hydrogen-bond donors (Lipinski definition) is 7. The van der Waals surface area contributed by atoms with Gasteiger partial charge in [-0.1, -0.05) is 44.2 Å². The summed E-state index contributed by atoms with van der Waals surface area (Å²) >= 11 is 1.55. The predicted octanol–water partition coefficient (Wildman–Crippen LogP) is -0.442. The highest BCUT2D eigenvalue weighted by Gasteiger charge is 2.31. The minimum absolute atomic E-state index is 0.0814. The first-order valence-corrected chi connectivity index (χ1v) is 13.8. The first-order valence-electron chi connectivity index (χ1n) is 12.4. The van der Waals surface area contributed by atoms with Gasteiger partial charge in [0.25, 0.3) is 0 Å². The van der Waals surface area contributed by atoms with Gasteiger partial charge in [-0.05, 0) is 42.8 Å². The van der Waals surface area contributed by atoms with Gasteiger partial charge in [0, 0.05) is 13.0 Å². The summed E-state index contributed by atoms with van der Waals surface area (Å²) in [7, 11) is 0. The number of carboxylic acid groups (broad SMARTS) is 1. The second-order valence-electron chi connectivity index (χ2n) is 9.22. The van der Waals surface area contributed by atoms with E-state index in [1.807, 2.05) is 12.3 Å². The minimum atomic E-state index is -1.19. The zero-order chi connectivity index (χ0) is 28.7. The lowest BCUT2D eigenvalue weighted by Crippen LogP contribution is -2.58. The highest BCUT2D eigenvalue weighted by Crippen LogP contribution is 2.09. The summed E-state index contributed by atoms with van der Waals surface area (Å²) in [5.74, 6) is -2.69. The maximum Gasteiger partial charge on any atom is 0.326 e. The fraction of sp³-hybridized carbons (Fsp3) is 0.560. The number of nitrogens with zero attached hydrogens (tertiary/aromatic N) is 1. The van der Waals surface area contributed by atoms with Crippen molar-refractivity contribution in [3.8, 4) is 0 Å². The summed E-state index contributed by atoms with van der Waals surface area (Å²) in [6.45, 7) is 3.69. The Hall–Kier alpha value is -3.32. The third-order valence-electron chi connectivity index (χ3n) is 5.69. The number of carbonyl (C=O) groups is 4. The van der Waals surface area contributed by atoms with Gasteiger partial charge in [-0.25, -0.2) is 4.79 Å². The van der Waals surface area contributed by atoms with Crippen molar-refractivity contribution in [1.82, 2.24) is 16.0 Å². The van der Waals surface area contributed by atoms with E-state index in [0.717, 1.165) is 5.56 Å². The van der Waals surface area contributed by atoms with E-state index in [1.165, 1.54) is 0 Å². The molecule has 0 saturated carbocycles. The fourth-order valence-corrected chi connectivity index (χ4v) is 4.02. The Morgan fingerprint density at radius 1 is 0.947 bits per heavy atom. The number of guanidine groups is 1. The maximum absolute atomic E-state index is 13.2. The third-order valence-corrected chi connectivity index (χ3v) is 6.34. The van der Waals surface area contributed by atoms with Crippen LogP contribution in [0.3, 0.4) is 0 Å². The lowest BCUT2D eigenvalue weighted by Gasteiger charge is -2.27. The molecule has 12 nitrogen and oxygen atoms in total. The average molecular weight is 552 g/mol. The van der Waals surface area contributed by atoms with Crippen LogP contribution in [0.4, 0.5) is 0 Å². The van der Waals surface area contributed by atoms with Crippen LogP contribution in [0.5, 0.6) is 0 Å². The van der Waals surface area contributed by atoms with Crippen LogP contribution >= 0.6 is 11.8 Å². The maximum atomic E-state index is 13.2. The standard InChI is InChI=1S/C25H41N7O5S/c1-15(2)20(23(35)31-19(24(36)37)14-16-8-5-4-6-9-16)32-22(34)18(10-7-12-29-25(27)28)30-21(33)17(26)11-13-38-3/h4-6,8-9,15,17-20H,7,10-14,26H2,1-3H3,(H,30,33)(H,31,35)(H,32,34)(H,36,37)(H4,27,28,29). The second-order valence-corrected chi connectivity index (χ2v) is 10.2. The van der Waals surface area contributed by atoms with Crippen molar-refractivity contribution in [1.29, 1.82) is 0 Å². The van der Waals surface area contributed by atoms with Crippen LogP contribution in [0.2, 0.25) is 0 Å². The largest absolute Gasteiger partial charge is 0.480 e. The van der Waals surface area contributed by atoms with Crippen molar-refractivity contribution in [2.75, 3.05) is 18.6 Å². The summed E-state index contributed by atoms with van der Waals surface area (Å²) in [5, 5.41) is 17.5. The predicted molar refractivity (Wildman–Crippen MR) is 149 cm³/mol. The van der Waals surface area contributed by atoms with E-state index in [-0.39, 0.29) is 31.3 Å². The molecule has 0 bridgehead atoms. The monoisotopic (exact) mass is 551 g/mol. The minimum Gasteiger partial charge on any atom is -0.480 e. The van der Waals surface area contributed by atoms with Gasteiger partial charge < -0.3 is 38.3 Å². The Balaban J connectivity index is 2.97. The first-order chi connectivity index (χ1) is 18.0. The molecule has 0 aliphatic heterocycles. The highest BCUT2D eigenvalue weighted by molar-refractivity contribution is 7.98. The quantitative estimate of drug-likeness (QED) is 0.0757. The molecule has 0 fully saturated rings. The van der Waals surface area contributed by atoms with Gasteiger partial charge in [0.2, 0.25) is 17.7 Å². The normalized spacial score (nSPS) is 14.0. The van der Waals surface area contributed by atoms with Crippen LogP contribution in [-0.2, 0) is 25.6 Å². The highest BCUT2D eigenvalue weighted by atomic mass is 32.2. The molecule has 38 heavy (non-hydrogen) atoms. The van der Waals surface area contributed by atoms with Crippen LogP contribution in [-0.4, -0.2) is 77.5 Å². The molecule has 0 heterocycles. The molecule has 10 N–H and O–H groups in total. The van der Waals surface area contributed by atoms with Gasteiger partial charge in [-0.15, -0.1) is 0 Å². The molecule has 0 aliphatic carbocycles. The van der Waals surface area contributed by atoms with E-state index in [0.29, 0.717) is 18.6 Å². The molecule has 0 radical (unpaired) electrons. The van der Waals surface area contributed by atoms with Crippen LogP contribution in [0, 0.1) is 5.92 Å². The van der Waals surface area contributed by atoms with E-state index in [2.05, 4.69) is 20.9 Å². The van der Waals surface area contributed by atoms with Crippen LogP contribution < -0.4 is 33.2 Å². The molecular formula is C25H41N7O5S. The van der Waals surface area contributed by atoms with Crippen molar-refractivity contribution >= 4 is 41.4 Å².